The van der Waals surface area contributed by atoms with Gasteiger partial charge in [-0.15, -0.1) is 0 Å². The summed E-state index contributed by atoms with van der Waals surface area (Å²) < 4.78 is 11.4. The zero-order valence-electron chi connectivity index (χ0n) is 46.7. The van der Waals surface area contributed by atoms with Gasteiger partial charge in [-0.1, -0.05) is 158 Å². The molecule has 9 nitrogen and oxygen atoms in total. The van der Waals surface area contributed by atoms with Crippen molar-refractivity contribution in [2.45, 2.75) is 264 Å². The molecule has 1 N–H and O–H groups in total. The van der Waals surface area contributed by atoms with E-state index in [-0.39, 0.29) is 42.1 Å². The molecule has 2 unspecified atom stereocenters. The van der Waals surface area contributed by atoms with Gasteiger partial charge in [-0.05, 0) is 161 Å². The Kier molecular flexibility index (Phi) is 36.7. The molecule has 0 saturated heterocycles. The summed E-state index contributed by atoms with van der Waals surface area (Å²) in [5.74, 6) is -0.401. The quantitative estimate of drug-likeness (QED) is 0.0368. The van der Waals surface area contributed by atoms with Crippen molar-refractivity contribution in [3.8, 4) is 0 Å². The molecule has 0 aliphatic heterocycles. The molecule has 9 heteroatoms. The topological polar surface area (TPSA) is 105 Å². The van der Waals surface area contributed by atoms with Crippen LogP contribution in [0.2, 0.25) is 0 Å². The van der Waals surface area contributed by atoms with Gasteiger partial charge in [0.15, 0.2) is 0 Å². The summed E-state index contributed by atoms with van der Waals surface area (Å²) in [6.07, 6.45) is 54.4. The first kappa shape index (κ1) is 63.7. The van der Waals surface area contributed by atoms with E-state index < -0.39 is 5.54 Å². The first-order chi connectivity index (χ1) is 34.5. The maximum absolute atomic E-state index is 15.1. The Labute approximate surface area is 435 Å². The number of nitrogens with zero attached hydrogens (tertiary/aromatic N) is 2. The Hall–Kier alpha value is -3.46. The van der Waals surface area contributed by atoms with E-state index in [2.05, 4.69) is 85.7 Å². The molecule has 0 aromatic carbocycles. The van der Waals surface area contributed by atoms with E-state index in [1.807, 2.05) is 14.1 Å². The van der Waals surface area contributed by atoms with Crippen LogP contribution in [0, 0.1) is 5.92 Å². The number of ether oxygens (including phenoxy) is 2. The third-order valence-electron chi connectivity index (χ3n) is 14.5. The van der Waals surface area contributed by atoms with Gasteiger partial charge >= 0.3 is 11.9 Å². The van der Waals surface area contributed by atoms with E-state index >= 15 is 4.79 Å². The second kappa shape index (κ2) is 41.0. The highest BCUT2D eigenvalue weighted by molar-refractivity contribution is 5.91. The number of hydrogen-bond donors (Lipinski definition) is 1. The molecule has 0 aromatic rings. The van der Waals surface area contributed by atoms with Gasteiger partial charge in [-0.3, -0.25) is 19.2 Å². The van der Waals surface area contributed by atoms with E-state index in [0.717, 1.165) is 96.4 Å². The summed E-state index contributed by atoms with van der Waals surface area (Å²) in [6.45, 7) is 10.3. The van der Waals surface area contributed by atoms with Crippen LogP contribution in [0.5, 0.6) is 0 Å². The number of nitrogens with one attached hydrogen (secondary N) is 1. The molecule has 0 radical (unpaired) electrons. The molecule has 0 aromatic heterocycles. The Morgan fingerprint density at radius 2 is 1.07 bits per heavy atom. The largest absolute Gasteiger partial charge is 0.466 e. The first-order valence-electron chi connectivity index (χ1n) is 29.3. The summed E-state index contributed by atoms with van der Waals surface area (Å²) in [7, 11) is 4.02. The van der Waals surface area contributed by atoms with E-state index in [9.17, 15) is 14.4 Å². The van der Waals surface area contributed by atoms with Crippen LogP contribution in [0.1, 0.15) is 252 Å². The standard InChI is InChI=1S/C62H107N3O6/c1-7-9-11-13-15-17-19-21-23-25-27-29-31-33-35-37-50-70-58(67)42-39-45-62(65(56(4)66)49-41-48-64(5)6,60(69)63-61-47-44-57(54-61)52-55(3)53-61)46-40-43-59(68)71-51-38-36-34-32-30-28-26-24-22-20-18-16-14-12-10-8-2/h15-18,21-24,44,55H,7-14,19-20,25-43,45-54H2,1-6H3,(H,63,69)/b17-15-,18-16-,23-21-,24-22-. The molecule has 0 spiro atoms. The smallest absolute Gasteiger partial charge is 0.305 e. The number of allylic oxidation sites excluding steroid dienone is 8. The van der Waals surface area contributed by atoms with Crippen molar-refractivity contribution in [1.82, 2.24) is 15.1 Å². The molecule has 71 heavy (non-hydrogen) atoms. The monoisotopic (exact) mass is 990 g/mol. The molecule has 2 atom stereocenters. The number of carbonyl (C=O) groups is 4. The van der Waals surface area contributed by atoms with E-state index in [4.69, 9.17) is 9.47 Å². The number of rotatable bonds is 45. The van der Waals surface area contributed by atoms with Gasteiger partial charge < -0.3 is 24.6 Å². The molecule has 2 bridgehead atoms. The minimum atomic E-state index is -1.22. The number of hydrogen-bond acceptors (Lipinski definition) is 7. The van der Waals surface area contributed by atoms with E-state index in [1.54, 1.807) is 11.8 Å². The van der Waals surface area contributed by atoms with Crippen LogP contribution >= 0.6 is 0 Å². The van der Waals surface area contributed by atoms with Gasteiger partial charge in [-0.25, -0.2) is 0 Å². The fraction of sp³-hybridized carbons (Fsp3) is 0.774. The Bertz CT molecular complexity index is 1510. The fourth-order valence-electron chi connectivity index (χ4n) is 10.6. The van der Waals surface area contributed by atoms with Crippen molar-refractivity contribution >= 4 is 23.8 Å². The number of carbonyl (C=O) groups excluding carboxylic acids is 4. The third-order valence-corrected chi connectivity index (χ3v) is 14.5. The molecule has 406 valence electrons. The highest BCUT2D eigenvalue weighted by Gasteiger charge is 2.49. The van der Waals surface area contributed by atoms with Crippen LogP contribution in [-0.4, -0.2) is 85.0 Å². The predicted molar refractivity (Wildman–Crippen MR) is 298 cm³/mol. The second-order valence-corrected chi connectivity index (χ2v) is 21.7. The van der Waals surface area contributed by atoms with Crippen molar-refractivity contribution in [3.05, 3.63) is 60.3 Å². The van der Waals surface area contributed by atoms with Crippen LogP contribution in [0.25, 0.3) is 0 Å². The molecular weight excluding hydrogens is 883 g/mol. The van der Waals surface area contributed by atoms with Crippen molar-refractivity contribution in [2.75, 3.05) is 40.4 Å². The van der Waals surface area contributed by atoms with Gasteiger partial charge in [0.1, 0.15) is 5.54 Å². The Morgan fingerprint density at radius 3 is 1.52 bits per heavy atom. The van der Waals surface area contributed by atoms with Gasteiger partial charge in [0.2, 0.25) is 11.8 Å². The lowest BCUT2D eigenvalue weighted by Crippen LogP contribution is -2.64. The molecule has 0 heterocycles. The predicted octanol–water partition coefficient (Wildman–Crippen LogP) is 15.6. The van der Waals surface area contributed by atoms with Crippen molar-refractivity contribution in [3.63, 3.8) is 0 Å². The number of unbranched alkanes of at least 4 members (excludes halogenated alkanes) is 18. The molecular formula is C62H107N3O6. The summed E-state index contributed by atoms with van der Waals surface area (Å²) >= 11 is 0. The van der Waals surface area contributed by atoms with Crippen LogP contribution in [-0.2, 0) is 28.7 Å². The first-order valence-corrected chi connectivity index (χ1v) is 29.3. The fourth-order valence-corrected chi connectivity index (χ4v) is 10.6. The van der Waals surface area contributed by atoms with Crippen LogP contribution in [0.3, 0.4) is 0 Å². The molecule has 2 aliphatic rings. The molecule has 2 amide bonds. The Morgan fingerprint density at radius 1 is 0.620 bits per heavy atom. The lowest BCUT2D eigenvalue weighted by atomic mass is 9.76. The van der Waals surface area contributed by atoms with Gasteiger partial charge in [0.25, 0.3) is 0 Å². The maximum atomic E-state index is 15.1. The van der Waals surface area contributed by atoms with Gasteiger partial charge in [0, 0.05) is 31.8 Å². The van der Waals surface area contributed by atoms with E-state index in [0.29, 0.717) is 57.8 Å². The lowest BCUT2D eigenvalue weighted by molar-refractivity contribution is -0.151. The van der Waals surface area contributed by atoms with Crippen molar-refractivity contribution in [2.24, 2.45) is 5.92 Å². The molecule has 1 fully saturated rings. The van der Waals surface area contributed by atoms with Crippen LogP contribution < -0.4 is 5.32 Å². The minimum Gasteiger partial charge on any atom is -0.466 e. The molecule has 1 saturated carbocycles. The molecule has 2 aliphatic carbocycles. The Balaban J connectivity index is 1.91. The van der Waals surface area contributed by atoms with Crippen molar-refractivity contribution in [1.29, 1.82) is 0 Å². The zero-order chi connectivity index (χ0) is 51.7. The number of fused-ring (bicyclic) bond motifs is 2. The average Bonchev–Trinajstić information content (AvgIpc) is 3.64. The minimum absolute atomic E-state index is 0.161. The summed E-state index contributed by atoms with van der Waals surface area (Å²) in [5, 5.41) is 3.54. The maximum Gasteiger partial charge on any atom is 0.305 e. The SMILES string of the molecule is CCCCC/C=C\C/C=C\CCCCCCCCOC(=O)CCCC(CCCC(=O)OCCCCCCCC/C=C\C/C=C\CCCCC)(C(=O)NC12CC=C(CC(C)C1)C2)N(CCCN(C)C)C(C)=O. The summed E-state index contributed by atoms with van der Waals surface area (Å²) in [5.41, 5.74) is -0.199. The number of amides is 2. The highest BCUT2D eigenvalue weighted by Crippen LogP contribution is 2.44. The van der Waals surface area contributed by atoms with Gasteiger partial charge in [0.05, 0.1) is 13.2 Å². The summed E-state index contributed by atoms with van der Waals surface area (Å²) in [6, 6.07) is 0. The highest BCUT2D eigenvalue weighted by atomic mass is 16.5. The molecule has 2 rings (SSSR count). The zero-order valence-corrected chi connectivity index (χ0v) is 46.7. The third kappa shape index (κ3) is 30.4. The summed E-state index contributed by atoms with van der Waals surface area (Å²) in [4.78, 5) is 59.1. The van der Waals surface area contributed by atoms with Crippen LogP contribution in [0.15, 0.2) is 60.3 Å². The average molecular weight is 991 g/mol. The second-order valence-electron chi connectivity index (χ2n) is 21.7. The van der Waals surface area contributed by atoms with Gasteiger partial charge in [-0.2, -0.15) is 0 Å². The van der Waals surface area contributed by atoms with E-state index in [1.165, 1.54) is 95.5 Å². The van der Waals surface area contributed by atoms with Crippen molar-refractivity contribution < 1.29 is 28.7 Å². The lowest BCUT2D eigenvalue weighted by Gasteiger charge is -2.46. The number of esters is 2. The van der Waals surface area contributed by atoms with Crippen LogP contribution in [0.4, 0.5) is 0 Å². The normalized spacial score (nSPS) is 17.1.